The average molecular weight is 324 g/mol. The van der Waals surface area contributed by atoms with Gasteiger partial charge in [0.1, 0.15) is 0 Å². The topological polar surface area (TPSA) is 49.3 Å². The van der Waals surface area contributed by atoms with Crippen LogP contribution in [-0.2, 0) is 6.54 Å². The summed E-state index contributed by atoms with van der Waals surface area (Å²) in [5.74, 6) is 0.878. The van der Waals surface area contributed by atoms with Crippen LogP contribution >= 0.6 is 15.9 Å². The second-order valence-electron chi connectivity index (χ2n) is 5.69. The van der Waals surface area contributed by atoms with Crippen LogP contribution in [0, 0.1) is 11.8 Å². The lowest BCUT2D eigenvalue weighted by Gasteiger charge is -2.18. The van der Waals surface area contributed by atoms with Crippen LogP contribution in [0.4, 0.5) is 0 Å². The largest absolute Gasteiger partial charge is 0.478 e. The summed E-state index contributed by atoms with van der Waals surface area (Å²) in [6.07, 6.45) is 5.47. The minimum Gasteiger partial charge on any atom is -0.478 e. The van der Waals surface area contributed by atoms with Crippen LogP contribution in [0.15, 0.2) is 22.7 Å². The minimum atomic E-state index is -0.881. The lowest BCUT2D eigenvalue weighted by Crippen LogP contribution is -2.32. The second kappa shape index (κ2) is 5.25. The van der Waals surface area contributed by atoms with E-state index in [4.69, 9.17) is 5.11 Å². The van der Waals surface area contributed by atoms with Gasteiger partial charge in [-0.3, -0.25) is 0 Å². The standard InChI is InChI=1S/C15H18BrNO2/c16-13-7-11(15(18)19)5-6-12(13)8-17-14(9-1-2-9)10-3-4-10/h5-7,9-10,14,17H,1-4,8H2,(H,18,19). The first-order valence-electron chi connectivity index (χ1n) is 6.90. The van der Waals surface area contributed by atoms with Crippen molar-refractivity contribution in [2.24, 2.45) is 11.8 Å². The van der Waals surface area contributed by atoms with Crippen molar-refractivity contribution in [2.45, 2.75) is 38.3 Å². The fraction of sp³-hybridized carbons (Fsp3) is 0.533. The van der Waals surface area contributed by atoms with Crippen molar-refractivity contribution < 1.29 is 9.90 Å². The SMILES string of the molecule is O=C(O)c1ccc(CNC(C2CC2)C2CC2)c(Br)c1. The molecule has 0 unspecified atom stereocenters. The Morgan fingerprint density at radius 1 is 1.32 bits per heavy atom. The predicted molar refractivity (Wildman–Crippen MR) is 77.2 cm³/mol. The van der Waals surface area contributed by atoms with E-state index in [1.165, 1.54) is 25.7 Å². The monoisotopic (exact) mass is 323 g/mol. The molecule has 0 radical (unpaired) electrons. The molecule has 0 saturated heterocycles. The molecule has 4 heteroatoms. The molecular weight excluding hydrogens is 306 g/mol. The van der Waals surface area contributed by atoms with Crippen molar-refractivity contribution in [1.82, 2.24) is 5.32 Å². The first-order chi connectivity index (χ1) is 9.15. The molecule has 19 heavy (non-hydrogen) atoms. The van der Waals surface area contributed by atoms with E-state index in [1.54, 1.807) is 12.1 Å². The van der Waals surface area contributed by atoms with Crippen LogP contribution in [0.2, 0.25) is 0 Å². The highest BCUT2D eigenvalue weighted by Crippen LogP contribution is 2.44. The van der Waals surface area contributed by atoms with Crippen LogP contribution in [0.3, 0.4) is 0 Å². The first-order valence-corrected chi connectivity index (χ1v) is 7.69. The fourth-order valence-electron chi connectivity index (χ4n) is 2.68. The Labute approximate surface area is 121 Å². The highest BCUT2D eigenvalue weighted by atomic mass is 79.9. The lowest BCUT2D eigenvalue weighted by molar-refractivity contribution is 0.0697. The predicted octanol–water partition coefficient (Wildman–Crippen LogP) is 3.43. The van der Waals surface area contributed by atoms with Gasteiger partial charge in [-0.2, -0.15) is 0 Å². The van der Waals surface area contributed by atoms with E-state index in [1.807, 2.05) is 6.07 Å². The van der Waals surface area contributed by atoms with Crippen molar-refractivity contribution >= 4 is 21.9 Å². The van der Waals surface area contributed by atoms with Gasteiger partial charge in [-0.05, 0) is 55.2 Å². The summed E-state index contributed by atoms with van der Waals surface area (Å²) >= 11 is 3.47. The second-order valence-corrected chi connectivity index (χ2v) is 6.55. The van der Waals surface area contributed by atoms with E-state index in [-0.39, 0.29) is 0 Å². The van der Waals surface area contributed by atoms with E-state index < -0.39 is 5.97 Å². The number of carboxylic acid groups (broad SMARTS) is 1. The first kappa shape index (κ1) is 13.1. The number of rotatable bonds is 6. The summed E-state index contributed by atoms with van der Waals surface area (Å²) in [5.41, 5.74) is 1.47. The Balaban J connectivity index is 1.64. The van der Waals surface area contributed by atoms with Crippen LogP contribution < -0.4 is 5.32 Å². The van der Waals surface area contributed by atoms with Crippen LogP contribution in [-0.4, -0.2) is 17.1 Å². The van der Waals surface area contributed by atoms with Crippen molar-refractivity contribution in [1.29, 1.82) is 0 Å². The summed E-state index contributed by atoms with van der Waals surface area (Å²) in [4.78, 5) is 10.9. The zero-order valence-corrected chi connectivity index (χ0v) is 12.3. The van der Waals surface area contributed by atoms with Crippen molar-refractivity contribution in [3.8, 4) is 0 Å². The molecule has 2 aliphatic rings. The van der Waals surface area contributed by atoms with Crippen molar-refractivity contribution in [3.05, 3.63) is 33.8 Å². The van der Waals surface area contributed by atoms with Crippen molar-refractivity contribution in [3.63, 3.8) is 0 Å². The number of carbonyl (C=O) groups is 1. The normalized spacial score (nSPS) is 18.8. The number of halogens is 1. The van der Waals surface area contributed by atoms with Gasteiger partial charge in [-0.15, -0.1) is 0 Å². The molecule has 0 spiro atoms. The van der Waals surface area contributed by atoms with Crippen molar-refractivity contribution in [2.75, 3.05) is 0 Å². The number of nitrogens with one attached hydrogen (secondary N) is 1. The van der Waals surface area contributed by atoms with Crippen LogP contribution in [0.1, 0.15) is 41.6 Å². The maximum Gasteiger partial charge on any atom is 0.335 e. The third-order valence-electron chi connectivity index (χ3n) is 4.09. The van der Waals surface area contributed by atoms with E-state index in [2.05, 4.69) is 21.2 Å². The highest BCUT2D eigenvalue weighted by molar-refractivity contribution is 9.10. The molecule has 2 aliphatic carbocycles. The molecule has 0 amide bonds. The van der Waals surface area contributed by atoms with Gasteiger partial charge < -0.3 is 10.4 Å². The molecular formula is C15H18BrNO2. The van der Waals surface area contributed by atoms with Crippen LogP contribution in [0.25, 0.3) is 0 Å². The molecule has 1 aromatic carbocycles. The van der Waals surface area contributed by atoms with E-state index in [0.717, 1.165) is 28.4 Å². The number of benzene rings is 1. The molecule has 0 heterocycles. The Morgan fingerprint density at radius 3 is 2.42 bits per heavy atom. The molecule has 0 aliphatic heterocycles. The molecule has 1 aromatic rings. The van der Waals surface area contributed by atoms with E-state index in [0.29, 0.717) is 11.6 Å². The number of aromatic carboxylic acids is 1. The summed E-state index contributed by atoms with van der Waals surface area (Å²) in [6, 6.07) is 5.93. The maximum absolute atomic E-state index is 10.9. The summed E-state index contributed by atoms with van der Waals surface area (Å²) in [5, 5.41) is 12.6. The van der Waals surface area contributed by atoms with E-state index >= 15 is 0 Å². The fourth-order valence-corrected chi connectivity index (χ4v) is 3.20. The van der Waals surface area contributed by atoms with E-state index in [9.17, 15) is 4.79 Å². The zero-order valence-electron chi connectivity index (χ0n) is 10.7. The number of hydrogen-bond donors (Lipinski definition) is 2. The van der Waals surface area contributed by atoms with Gasteiger partial charge in [-0.25, -0.2) is 4.79 Å². The number of hydrogen-bond acceptors (Lipinski definition) is 2. The summed E-state index contributed by atoms with van der Waals surface area (Å²) in [7, 11) is 0. The minimum absolute atomic E-state index is 0.330. The highest BCUT2D eigenvalue weighted by Gasteiger charge is 2.40. The molecule has 3 nitrogen and oxygen atoms in total. The lowest BCUT2D eigenvalue weighted by atomic mass is 10.1. The molecule has 0 atom stereocenters. The molecule has 2 fully saturated rings. The van der Waals surface area contributed by atoms with Gasteiger partial charge in [0.25, 0.3) is 0 Å². The quantitative estimate of drug-likeness (QED) is 0.843. The van der Waals surface area contributed by atoms with Gasteiger partial charge in [0.15, 0.2) is 0 Å². The van der Waals surface area contributed by atoms with Gasteiger partial charge in [0.05, 0.1) is 5.56 Å². The third-order valence-corrected chi connectivity index (χ3v) is 4.83. The maximum atomic E-state index is 10.9. The van der Waals surface area contributed by atoms with Crippen LogP contribution in [0.5, 0.6) is 0 Å². The number of carboxylic acids is 1. The molecule has 0 aromatic heterocycles. The Bertz CT molecular complexity index is 483. The average Bonchev–Trinajstić information content (AvgIpc) is 3.25. The zero-order chi connectivity index (χ0) is 13.4. The summed E-state index contributed by atoms with van der Waals surface area (Å²) < 4.78 is 0.880. The molecule has 102 valence electrons. The molecule has 2 N–H and O–H groups in total. The van der Waals surface area contributed by atoms with Gasteiger partial charge in [-0.1, -0.05) is 22.0 Å². The Kier molecular flexibility index (Phi) is 3.63. The molecule has 2 saturated carbocycles. The smallest absolute Gasteiger partial charge is 0.335 e. The van der Waals surface area contributed by atoms with Gasteiger partial charge in [0, 0.05) is 17.1 Å². The Morgan fingerprint density at radius 2 is 1.95 bits per heavy atom. The van der Waals surface area contributed by atoms with Gasteiger partial charge in [0.2, 0.25) is 0 Å². The molecule has 0 bridgehead atoms. The molecule has 3 rings (SSSR count). The Hall–Kier alpha value is -0.870. The third kappa shape index (κ3) is 3.18. The summed E-state index contributed by atoms with van der Waals surface area (Å²) in [6.45, 7) is 0.818. The van der Waals surface area contributed by atoms with Gasteiger partial charge >= 0.3 is 5.97 Å².